The van der Waals surface area contributed by atoms with Gasteiger partial charge in [-0.3, -0.25) is 9.52 Å². The molecule has 1 amide bonds. The van der Waals surface area contributed by atoms with Crippen LogP contribution >= 0.6 is 23.1 Å². The standard InChI is InChI=1S/C19H16ClN5O3S2/c20-14-1-6-17-13(11-14)7-9-25(17)10-8-18(26)23-15-2-4-16(5-3-15)30(27,28)24-19-21-12-22-29-19/h1-7,9,11-12H,8,10H2,(H,23,26)(H,21,22,24). The number of sulfonamides is 1. The van der Waals surface area contributed by atoms with Crippen LogP contribution in [0.25, 0.3) is 10.9 Å². The summed E-state index contributed by atoms with van der Waals surface area (Å²) in [5, 5.41) is 4.65. The highest BCUT2D eigenvalue weighted by molar-refractivity contribution is 7.93. The van der Waals surface area contributed by atoms with Crippen molar-refractivity contribution in [3.05, 3.63) is 66.1 Å². The minimum atomic E-state index is -3.76. The number of fused-ring (bicyclic) bond motifs is 1. The molecule has 0 atom stereocenters. The molecule has 8 nitrogen and oxygen atoms in total. The van der Waals surface area contributed by atoms with E-state index in [0.717, 1.165) is 22.4 Å². The van der Waals surface area contributed by atoms with E-state index in [0.29, 0.717) is 17.3 Å². The van der Waals surface area contributed by atoms with Gasteiger partial charge in [-0.15, -0.1) is 0 Å². The van der Waals surface area contributed by atoms with Gasteiger partial charge in [0.25, 0.3) is 10.0 Å². The Labute approximate surface area is 181 Å². The van der Waals surface area contributed by atoms with Crippen LogP contribution in [0.4, 0.5) is 10.8 Å². The van der Waals surface area contributed by atoms with Crippen LogP contribution in [0.2, 0.25) is 5.02 Å². The van der Waals surface area contributed by atoms with E-state index >= 15 is 0 Å². The first-order chi connectivity index (χ1) is 14.4. The molecule has 0 aliphatic heterocycles. The zero-order valence-corrected chi connectivity index (χ0v) is 17.8. The molecule has 0 radical (unpaired) electrons. The van der Waals surface area contributed by atoms with Crippen molar-refractivity contribution < 1.29 is 13.2 Å². The number of nitrogens with one attached hydrogen (secondary N) is 2. The van der Waals surface area contributed by atoms with E-state index in [1.165, 1.54) is 18.5 Å². The first kappa shape index (κ1) is 20.3. The molecule has 2 aromatic heterocycles. The van der Waals surface area contributed by atoms with E-state index in [-0.39, 0.29) is 22.4 Å². The van der Waals surface area contributed by atoms with Crippen LogP contribution in [0.1, 0.15) is 6.42 Å². The summed E-state index contributed by atoms with van der Waals surface area (Å²) in [6.07, 6.45) is 3.46. The van der Waals surface area contributed by atoms with Crippen molar-refractivity contribution in [2.75, 3.05) is 10.0 Å². The van der Waals surface area contributed by atoms with Gasteiger partial charge in [0.05, 0.1) is 4.90 Å². The van der Waals surface area contributed by atoms with Crippen molar-refractivity contribution >= 4 is 60.8 Å². The molecule has 2 N–H and O–H groups in total. The lowest BCUT2D eigenvalue weighted by atomic mass is 10.2. The first-order valence-corrected chi connectivity index (χ1v) is 11.5. The normalized spacial score (nSPS) is 11.5. The summed E-state index contributed by atoms with van der Waals surface area (Å²) in [7, 11) is -3.76. The molecule has 2 aromatic carbocycles. The van der Waals surface area contributed by atoms with Crippen molar-refractivity contribution in [3.8, 4) is 0 Å². The number of amides is 1. The molecule has 11 heteroatoms. The molecular weight excluding hydrogens is 446 g/mol. The van der Waals surface area contributed by atoms with Gasteiger partial charge in [-0.05, 0) is 48.5 Å². The monoisotopic (exact) mass is 461 g/mol. The molecule has 0 bridgehead atoms. The van der Waals surface area contributed by atoms with Gasteiger partial charge in [0.15, 0.2) is 0 Å². The third-order valence-corrected chi connectivity index (χ3v) is 6.64. The van der Waals surface area contributed by atoms with Crippen LogP contribution in [-0.2, 0) is 21.4 Å². The highest BCUT2D eigenvalue weighted by atomic mass is 35.5. The molecule has 4 rings (SSSR count). The molecular formula is C19H16ClN5O3S2. The van der Waals surface area contributed by atoms with Gasteiger partial charge >= 0.3 is 0 Å². The summed E-state index contributed by atoms with van der Waals surface area (Å²) < 4.78 is 32.7. The van der Waals surface area contributed by atoms with E-state index in [1.54, 1.807) is 12.1 Å². The molecule has 0 unspecified atom stereocenters. The topological polar surface area (TPSA) is 106 Å². The van der Waals surface area contributed by atoms with Gasteiger partial charge in [-0.25, -0.2) is 13.4 Å². The summed E-state index contributed by atoms with van der Waals surface area (Å²) in [6, 6.07) is 13.5. The Morgan fingerprint density at radius 1 is 1.13 bits per heavy atom. The fourth-order valence-corrected chi connectivity index (χ4v) is 4.76. The Hall–Kier alpha value is -2.95. The lowest BCUT2D eigenvalue weighted by Crippen LogP contribution is -2.15. The highest BCUT2D eigenvalue weighted by Gasteiger charge is 2.16. The van der Waals surface area contributed by atoms with Crippen molar-refractivity contribution in [2.24, 2.45) is 0 Å². The van der Waals surface area contributed by atoms with Crippen LogP contribution in [-0.4, -0.2) is 28.2 Å². The molecule has 0 fully saturated rings. The number of hydrogen-bond donors (Lipinski definition) is 2. The Bertz CT molecular complexity index is 1290. The molecule has 30 heavy (non-hydrogen) atoms. The minimum absolute atomic E-state index is 0.0631. The van der Waals surface area contributed by atoms with Crippen molar-refractivity contribution in [2.45, 2.75) is 17.9 Å². The number of aryl methyl sites for hydroxylation is 1. The number of halogens is 1. The van der Waals surface area contributed by atoms with Crippen LogP contribution in [0.5, 0.6) is 0 Å². The number of anilines is 2. The smallest absolute Gasteiger partial charge is 0.263 e. The van der Waals surface area contributed by atoms with Gasteiger partial charge in [0.1, 0.15) is 6.33 Å². The average Bonchev–Trinajstić information content (AvgIpc) is 3.36. The third-order valence-electron chi connectivity index (χ3n) is 4.34. The van der Waals surface area contributed by atoms with Crippen LogP contribution in [0.15, 0.2) is 66.0 Å². The summed E-state index contributed by atoms with van der Waals surface area (Å²) in [4.78, 5) is 16.2. The maximum absolute atomic E-state index is 12.3. The molecule has 0 saturated carbocycles. The quantitative estimate of drug-likeness (QED) is 0.433. The van der Waals surface area contributed by atoms with Crippen molar-refractivity contribution in [1.82, 2.24) is 13.9 Å². The minimum Gasteiger partial charge on any atom is -0.347 e. The van der Waals surface area contributed by atoms with Gasteiger partial charge in [-0.2, -0.15) is 4.37 Å². The summed E-state index contributed by atoms with van der Waals surface area (Å²) in [5.74, 6) is -0.173. The maximum atomic E-state index is 12.3. The third kappa shape index (κ3) is 4.61. The predicted octanol–water partition coefficient (Wildman–Crippen LogP) is 3.98. The fourth-order valence-electron chi connectivity index (χ4n) is 2.92. The zero-order valence-electron chi connectivity index (χ0n) is 15.4. The number of carbonyl (C=O) groups is 1. The van der Waals surface area contributed by atoms with E-state index in [1.807, 2.05) is 35.0 Å². The van der Waals surface area contributed by atoms with Crippen molar-refractivity contribution in [1.29, 1.82) is 0 Å². The number of rotatable bonds is 7. The zero-order chi connectivity index (χ0) is 21.1. The van der Waals surface area contributed by atoms with Crippen molar-refractivity contribution in [3.63, 3.8) is 0 Å². The second kappa shape index (κ2) is 8.42. The molecule has 0 aliphatic carbocycles. The first-order valence-electron chi connectivity index (χ1n) is 8.84. The fraction of sp³-hybridized carbons (Fsp3) is 0.105. The van der Waals surface area contributed by atoms with Gasteiger partial charge in [0, 0.05) is 52.3 Å². The lowest BCUT2D eigenvalue weighted by Gasteiger charge is -2.09. The Kier molecular flexibility index (Phi) is 5.71. The van der Waals surface area contributed by atoms with Gasteiger partial charge in [-0.1, -0.05) is 11.6 Å². The molecule has 0 saturated heterocycles. The number of nitrogens with zero attached hydrogens (tertiary/aromatic N) is 3. The molecule has 4 aromatic rings. The van der Waals surface area contributed by atoms with Crippen LogP contribution in [0.3, 0.4) is 0 Å². The van der Waals surface area contributed by atoms with E-state index in [4.69, 9.17) is 11.6 Å². The molecule has 154 valence electrons. The molecule has 2 heterocycles. The Morgan fingerprint density at radius 3 is 2.67 bits per heavy atom. The Balaban J connectivity index is 1.36. The number of carbonyl (C=O) groups excluding carboxylic acids is 1. The summed E-state index contributed by atoms with van der Waals surface area (Å²) >= 11 is 6.94. The maximum Gasteiger partial charge on any atom is 0.263 e. The highest BCUT2D eigenvalue weighted by Crippen LogP contribution is 2.21. The van der Waals surface area contributed by atoms with Crippen LogP contribution in [0, 0.1) is 0 Å². The summed E-state index contributed by atoms with van der Waals surface area (Å²) in [5.41, 5.74) is 1.52. The lowest BCUT2D eigenvalue weighted by molar-refractivity contribution is -0.116. The predicted molar refractivity (Wildman–Crippen MR) is 117 cm³/mol. The Morgan fingerprint density at radius 2 is 1.93 bits per heavy atom. The number of benzene rings is 2. The van der Waals surface area contributed by atoms with Crippen LogP contribution < -0.4 is 10.0 Å². The molecule has 0 aliphatic rings. The van der Waals surface area contributed by atoms with Gasteiger partial charge in [0.2, 0.25) is 11.0 Å². The largest absolute Gasteiger partial charge is 0.347 e. The average molecular weight is 462 g/mol. The summed E-state index contributed by atoms with van der Waals surface area (Å²) in [6.45, 7) is 0.509. The second-order valence-electron chi connectivity index (χ2n) is 6.39. The number of hydrogen-bond acceptors (Lipinski definition) is 6. The van der Waals surface area contributed by atoms with E-state index in [9.17, 15) is 13.2 Å². The molecule has 0 spiro atoms. The van der Waals surface area contributed by atoms with E-state index in [2.05, 4.69) is 19.4 Å². The van der Waals surface area contributed by atoms with E-state index < -0.39 is 10.0 Å². The number of aromatic nitrogens is 3. The second-order valence-corrected chi connectivity index (χ2v) is 9.29. The SMILES string of the molecule is O=C(CCn1ccc2cc(Cl)ccc21)Nc1ccc(S(=O)(=O)Nc2ncns2)cc1. The van der Waals surface area contributed by atoms with Gasteiger partial charge < -0.3 is 9.88 Å².